The number of anilines is 3. The van der Waals surface area contributed by atoms with E-state index in [9.17, 15) is 4.79 Å². The number of fused-ring (bicyclic) bond motifs is 1. The van der Waals surface area contributed by atoms with E-state index in [1.165, 1.54) is 0 Å². The highest BCUT2D eigenvalue weighted by Crippen LogP contribution is 2.36. The van der Waals surface area contributed by atoms with Crippen LogP contribution in [0.5, 0.6) is 5.75 Å². The lowest BCUT2D eigenvalue weighted by atomic mass is 10.1. The van der Waals surface area contributed by atoms with Gasteiger partial charge in [0.05, 0.1) is 17.1 Å². The Bertz CT molecular complexity index is 464. The molecule has 17 heavy (non-hydrogen) atoms. The molecular formula is C12H17N3O2. The lowest BCUT2D eigenvalue weighted by Crippen LogP contribution is -2.28. The molecular weight excluding hydrogens is 218 g/mol. The van der Waals surface area contributed by atoms with Crippen molar-refractivity contribution in [3.05, 3.63) is 12.1 Å². The van der Waals surface area contributed by atoms with Crippen LogP contribution < -0.4 is 21.1 Å². The van der Waals surface area contributed by atoms with E-state index in [0.717, 1.165) is 5.69 Å². The van der Waals surface area contributed by atoms with E-state index in [-0.39, 0.29) is 18.1 Å². The standard InChI is InChI=1S/C12H17N3O2/c1-12(2,3)15-8-5-9-10(4-7(8)13)17-6-11(16)14-9/h4-5,15H,6,13H2,1-3H3,(H,14,16). The molecule has 0 aromatic heterocycles. The van der Waals surface area contributed by atoms with E-state index >= 15 is 0 Å². The summed E-state index contributed by atoms with van der Waals surface area (Å²) in [5.41, 5.74) is 7.89. The number of nitrogens with two attached hydrogens (primary N) is 1. The first-order valence-corrected chi connectivity index (χ1v) is 5.49. The van der Waals surface area contributed by atoms with Gasteiger partial charge in [-0.2, -0.15) is 0 Å². The molecule has 5 heteroatoms. The van der Waals surface area contributed by atoms with Crippen LogP contribution in [-0.4, -0.2) is 18.1 Å². The summed E-state index contributed by atoms with van der Waals surface area (Å²) >= 11 is 0. The number of rotatable bonds is 1. The molecule has 1 aliphatic heterocycles. The maximum atomic E-state index is 11.2. The van der Waals surface area contributed by atoms with Gasteiger partial charge in [0.25, 0.3) is 5.91 Å². The van der Waals surface area contributed by atoms with E-state index in [0.29, 0.717) is 17.1 Å². The SMILES string of the molecule is CC(C)(C)Nc1cc2c(cc1N)OCC(=O)N2. The van der Waals surface area contributed by atoms with Gasteiger partial charge in [0.1, 0.15) is 5.75 Å². The molecule has 1 aromatic rings. The number of hydrogen-bond acceptors (Lipinski definition) is 4. The third-order valence-corrected chi connectivity index (χ3v) is 2.29. The second-order valence-electron chi connectivity index (χ2n) is 5.15. The summed E-state index contributed by atoms with van der Waals surface area (Å²) in [7, 11) is 0. The molecule has 5 nitrogen and oxygen atoms in total. The predicted octanol–water partition coefficient (Wildman–Crippen LogP) is 1.81. The van der Waals surface area contributed by atoms with Gasteiger partial charge < -0.3 is 21.1 Å². The molecule has 1 amide bonds. The van der Waals surface area contributed by atoms with Crippen LogP contribution in [0.4, 0.5) is 17.1 Å². The van der Waals surface area contributed by atoms with Gasteiger partial charge in [-0.3, -0.25) is 4.79 Å². The normalized spacial score (nSPS) is 14.6. The third-order valence-electron chi connectivity index (χ3n) is 2.29. The molecule has 0 saturated carbocycles. The number of carbonyl (C=O) groups is 1. The summed E-state index contributed by atoms with van der Waals surface area (Å²) in [6, 6.07) is 3.52. The van der Waals surface area contributed by atoms with Gasteiger partial charge in [-0.1, -0.05) is 0 Å². The van der Waals surface area contributed by atoms with Crippen molar-refractivity contribution in [3.8, 4) is 5.75 Å². The van der Waals surface area contributed by atoms with E-state index in [1.54, 1.807) is 12.1 Å². The Morgan fingerprint density at radius 1 is 1.41 bits per heavy atom. The highest BCUT2D eigenvalue weighted by atomic mass is 16.5. The van der Waals surface area contributed by atoms with Gasteiger partial charge in [0.15, 0.2) is 6.61 Å². The molecule has 0 aliphatic carbocycles. The van der Waals surface area contributed by atoms with Crippen LogP contribution in [0, 0.1) is 0 Å². The second-order valence-corrected chi connectivity index (χ2v) is 5.15. The topological polar surface area (TPSA) is 76.4 Å². The summed E-state index contributed by atoms with van der Waals surface area (Å²) in [6.07, 6.45) is 0. The Morgan fingerprint density at radius 2 is 2.12 bits per heavy atom. The number of benzene rings is 1. The minimum absolute atomic E-state index is 0.0402. The maximum absolute atomic E-state index is 11.2. The van der Waals surface area contributed by atoms with Gasteiger partial charge >= 0.3 is 0 Å². The van der Waals surface area contributed by atoms with Crippen LogP contribution in [0.15, 0.2) is 12.1 Å². The maximum Gasteiger partial charge on any atom is 0.262 e. The van der Waals surface area contributed by atoms with Crippen molar-refractivity contribution >= 4 is 23.0 Å². The van der Waals surface area contributed by atoms with Crippen molar-refractivity contribution in [2.45, 2.75) is 26.3 Å². The fourth-order valence-electron chi connectivity index (χ4n) is 1.65. The summed E-state index contributed by atoms with van der Waals surface area (Å²) in [4.78, 5) is 11.2. The molecule has 0 saturated heterocycles. The zero-order chi connectivity index (χ0) is 12.6. The van der Waals surface area contributed by atoms with E-state index in [4.69, 9.17) is 10.5 Å². The highest BCUT2D eigenvalue weighted by molar-refractivity contribution is 5.97. The largest absolute Gasteiger partial charge is 0.482 e. The van der Waals surface area contributed by atoms with Crippen molar-refractivity contribution < 1.29 is 9.53 Å². The van der Waals surface area contributed by atoms with E-state index in [1.807, 2.05) is 20.8 Å². The lowest BCUT2D eigenvalue weighted by molar-refractivity contribution is -0.118. The monoisotopic (exact) mass is 235 g/mol. The Kier molecular flexibility index (Phi) is 2.61. The Balaban J connectivity index is 2.35. The Hall–Kier alpha value is -1.91. The zero-order valence-electron chi connectivity index (χ0n) is 10.3. The molecule has 0 atom stereocenters. The first-order chi connectivity index (χ1) is 7.85. The minimum Gasteiger partial charge on any atom is -0.482 e. The van der Waals surface area contributed by atoms with Crippen LogP contribution in [-0.2, 0) is 4.79 Å². The number of nitrogen functional groups attached to an aromatic ring is 1. The summed E-state index contributed by atoms with van der Waals surface area (Å²) < 4.78 is 5.28. The fourth-order valence-corrected chi connectivity index (χ4v) is 1.65. The van der Waals surface area contributed by atoms with Crippen molar-refractivity contribution in [3.63, 3.8) is 0 Å². The van der Waals surface area contributed by atoms with Crippen molar-refractivity contribution in [1.29, 1.82) is 0 Å². The molecule has 0 bridgehead atoms. The van der Waals surface area contributed by atoms with Crippen LogP contribution in [0.3, 0.4) is 0 Å². The third kappa shape index (κ3) is 2.61. The molecule has 0 fully saturated rings. The average molecular weight is 235 g/mol. The molecule has 0 radical (unpaired) electrons. The molecule has 1 aliphatic rings. The van der Waals surface area contributed by atoms with Crippen LogP contribution >= 0.6 is 0 Å². The summed E-state index contributed by atoms with van der Waals surface area (Å²) in [5.74, 6) is 0.463. The van der Waals surface area contributed by atoms with Gasteiger partial charge in [0.2, 0.25) is 0 Å². The van der Waals surface area contributed by atoms with Crippen LogP contribution in [0.1, 0.15) is 20.8 Å². The number of amides is 1. The Morgan fingerprint density at radius 3 is 2.76 bits per heavy atom. The lowest BCUT2D eigenvalue weighted by Gasteiger charge is -2.25. The fraction of sp³-hybridized carbons (Fsp3) is 0.417. The Labute approximate surface area is 100 Å². The van der Waals surface area contributed by atoms with Crippen molar-refractivity contribution in [2.75, 3.05) is 23.0 Å². The quantitative estimate of drug-likeness (QED) is 0.649. The first kappa shape index (κ1) is 11.6. The van der Waals surface area contributed by atoms with E-state index < -0.39 is 0 Å². The van der Waals surface area contributed by atoms with Gasteiger partial charge in [-0.05, 0) is 26.8 Å². The second kappa shape index (κ2) is 3.84. The number of ether oxygens (including phenoxy) is 1. The highest BCUT2D eigenvalue weighted by Gasteiger charge is 2.19. The molecule has 2 rings (SSSR count). The summed E-state index contributed by atoms with van der Waals surface area (Å²) in [5, 5.41) is 6.04. The molecule has 1 aromatic carbocycles. The first-order valence-electron chi connectivity index (χ1n) is 5.49. The van der Waals surface area contributed by atoms with Crippen LogP contribution in [0.25, 0.3) is 0 Å². The van der Waals surface area contributed by atoms with Crippen LogP contribution in [0.2, 0.25) is 0 Å². The molecule has 0 spiro atoms. The number of carbonyl (C=O) groups excluding carboxylic acids is 1. The summed E-state index contributed by atoms with van der Waals surface area (Å²) in [6.45, 7) is 6.17. The molecule has 1 heterocycles. The number of nitrogens with one attached hydrogen (secondary N) is 2. The van der Waals surface area contributed by atoms with Crippen molar-refractivity contribution in [2.24, 2.45) is 0 Å². The van der Waals surface area contributed by atoms with Crippen molar-refractivity contribution in [1.82, 2.24) is 0 Å². The average Bonchev–Trinajstić information content (AvgIpc) is 2.17. The minimum atomic E-state index is -0.149. The zero-order valence-corrected chi connectivity index (χ0v) is 10.3. The number of hydrogen-bond donors (Lipinski definition) is 3. The van der Waals surface area contributed by atoms with Gasteiger partial charge in [0, 0.05) is 11.6 Å². The molecule has 0 unspecified atom stereocenters. The van der Waals surface area contributed by atoms with Gasteiger partial charge in [-0.25, -0.2) is 0 Å². The predicted molar refractivity (Wildman–Crippen MR) is 68.4 cm³/mol. The smallest absolute Gasteiger partial charge is 0.262 e. The molecule has 4 N–H and O–H groups in total. The molecule has 92 valence electrons. The van der Waals surface area contributed by atoms with E-state index in [2.05, 4.69) is 10.6 Å². The van der Waals surface area contributed by atoms with Gasteiger partial charge in [-0.15, -0.1) is 0 Å².